The molecule has 0 fully saturated rings. The Labute approximate surface area is 89.1 Å². The Morgan fingerprint density at radius 1 is 1.40 bits per heavy atom. The lowest BCUT2D eigenvalue weighted by molar-refractivity contribution is -0.134. The minimum atomic E-state index is -0.256. The minimum Gasteiger partial charge on any atom is -0.426 e. The first-order valence-electron chi connectivity index (χ1n) is 5.00. The van der Waals surface area contributed by atoms with Crippen LogP contribution in [0.1, 0.15) is 25.3 Å². The van der Waals surface area contributed by atoms with Crippen molar-refractivity contribution in [1.82, 2.24) is 0 Å². The summed E-state index contributed by atoms with van der Waals surface area (Å²) in [6, 6.07) is 7.28. The molecule has 0 heterocycles. The predicted octanol–water partition coefficient (Wildman–Crippen LogP) is 2.13. The molecule has 3 nitrogen and oxygen atoms in total. The van der Waals surface area contributed by atoms with Gasteiger partial charge in [-0.3, -0.25) is 4.79 Å². The van der Waals surface area contributed by atoms with Gasteiger partial charge in [-0.25, -0.2) is 0 Å². The van der Waals surface area contributed by atoms with Crippen molar-refractivity contribution in [2.75, 3.05) is 0 Å². The number of carbonyl (C=O) groups excluding carboxylic acids is 2. The molecule has 80 valence electrons. The summed E-state index contributed by atoms with van der Waals surface area (Å²) >= 11 is 0. The van der Waals surface area contributed by atoms with Crippen molar-refractivity contribution in [3.05, 3.63) is 29.8 Å². The van der Waals surface area contributed by atoms with Gasteiger partial charge in [-0.15, -0.1) is 0 Å². The molecule has 0 N–H and O–H groups in total. The first-order chi connectivity index (χ1) is 7.27. The zero-order chi connectivity index (χ0) is 11.1. The number of aryl methyl sites for hydroxylation is 1. The average molecular weight is 206 g/mol. The minimum absolute atomic E-state index is 0.256. The van der Waals surface area contributed by atoms with Gasteiger partial charge in [-0.1, -0.05) is 25.1 Å². The van der Waals surface area contributed by atoms with Crippen LogP contribution in [0, 0.1) is 0 Å². The van der Waals surface area contributed by atoms with Crippen molar-refractivity contribution >= 4 is 12.3 Å². The topological polar surface area (TPSA) is 43.4 Å². The second kappa shape index (κ2) is 5.96. The molecule has 0 bridgehead atoms. The number of para-hydroxylation sites is 1. The van der Waals surface area contributed by atoms with E-state index in [4.69, 9.17) is 4.74 Å². The molecular formula is C12H14O3. The van der Waals surface area contributed by atoms with Crippen molar-refractivity contribution in [3.63, 3.8) is 0 Å². The molecule has 0 radical (unpaired) electrons. The van der Waals surface area contributed by atoms with Crippen molar-refractivity contribution in [2.45, 2.75) is 26.2 Å². The third-order valence-corrected chi connectivity index (χ3v) is 2.02. The van der Waals surface area contributed by atoms with Gasteiger partial charge in [0.15, 0.2) is 0 Å². The quantitative estimate of drug-likeness (QED) is 0.421. The second-order valence-electron chi connectivity index (χ2n) is 3.14. The highest BCUT2D eigenvalue weighted by Gasteiger charge is 2.06. The van der Waals surface area contributed by atoms with Crippen LogP contribution < -0.4 is 4.74 Å². The van der Waals surface area contributed by atoms with Crippen LogP contribution in [-0.4, -0.2) is 12.3 Å². The summed E-state index contributed by atoms with van der Waals surface area (Å²) in [5.74, 6) is 0.305. The lowest BCUT2D eigenvalue weighted by atomic mass is 10.1. The van der Waals surface area contributed by atoms with Crippen LogP contribution in [0.25, 0.3) is 0 Å². The third kappa shape index (κ3) is 3.54. The molecular weight excluding hydrogens is 192 g/mol. The SMILES string of the molecule is CCC(=O)Oc1ccccc1CCC=O. The summed E-state index contributed by atoms with van der Waals surface area (Å²) in [5, 5.41) is 0. The Morgan fingerprint density at radius 3 is 2.80 bits per heavy atom. The van der Waals surface area contributed by atoms with Gasteiger partial charge < -0.3 is 9.53 Å². The Bertz CT molecular complexity index is 344. The molecule has 0 atom stereocenters. The summed E-state index contributed by atoms with van der Waals surface area (Å²) in [5.41, 5.74) is 0.895. The maximum absolute atomic E-state index is 11.1. The fourth-order valence-electron chi connectivity index (χ4n) is 1.22. The average Bonchev–Trinajstić information content (AvgIpc) is 2.28. The molecule has 0 aliphatic rings. The van der Waals surface area contributed by atoms with Crippen molar-refractivity contribution in [1.29, 1.82) is 0 Å². The van der Waals surface area contributed by atoms with Crippen LogP contribution in [0.5, 0.6) is 5.75 Å². The highest BCUT2D eigenvalue weighted by molar-refractivity contribution is 5.72. The molecule has 1 aromatic rings. The summed E-state index contributed by atoms with van der Waals surface area (Å²) in [7, 11) is 0. The van der Waals surface area contributed by atoms with Crippen molar-refractivity contribution < 1.29 is 14.3 Å². The maximum Gasteiger partial charge on any atom is 0.310 e. The van der Waals surface area contributed by atoms with E-state index in [0.29, 0.717) is 25.0 Å². The van der Waals surface area contributed by atoms with Crippen LogP contribution in [-0.2, 0) is 16.0 Å². The number of aldehydes is 1. The van der Waals surface area contributed by atoms with E-state index < -0.39 is 0 Å². The van der Waals surface area contributed by atoms with Crippen LogP contribution in [0.15, 0.2) is 24.3 Å². The highest BCUT2D eigenvalue weighted by atomic mass is 16.5. The zero-order valence-corrected chi connectivity index (χ0v) is 8.73. The molecule has 1 rings (SSSR count). The number of carbonyl (C=O) groups is 2. The van der Waals surface area contributed by atoms with Gasteiger partial charge in [0.05, 0.1) is 0 Å². The van der Waals surface area contributed by atoms with Gasteiger partial charge in [-0.2, -0.15) is 0 Å². The summed E-state index contributed by atoms with van der Waals surface area (Å²) < 4.78 is 5.14. The number of rotatable bonds is 5. The van der Waals surface area contributed by atoms with Crippen LogP contribution in [0.3, 0.4) is 0 Å². The molecule has 0 aromatic heterocycles. The third-order valence-electron chi connectivity index (χ3n) is 2.02. The molecule has 0 amide bonds. The zero-order valence-electron chi connectivity index (χ0n) is 8.73. The van der Waals surface area contributed by atoms with Crippen molar-refractivity contribution in [2.24, 2.45) is 0 Å². The molecule has 15 heavy (non-hydrogen) atoms. The number of hydrogen-bond donors (Lipinski definition) is 0. The number of benzene rings is 1. The molecule has 0 saturated heterocycles. The Morgan fingerprint density at radius 2 is 2.13 bits per heavy atom. The van der Waals surface area contributed by atoms with E-state index in [9.17, 15) is 9.59 Å². The largest absolute Gasteiger partial charge is 0.426 e. The van der Waals surface area contributed by atoms with Gasteiger partial charge in [0, 0.05) is 12.8 Å². The van der Waals surface area contributed by atoms with E-state index in [1.165, 1.54) is 0 Å². The standard InChI is InChI=1S/C12H14O3/c1-2-12(14)15-11-8-4-3-6-10(11)7-5-9-13/h3-4,6,8-9H,2,5,7H2,1H3. The maximum atomic E-state index is 11.1. The fraction of sp³-hybridized carbons (Fsp3) is 0.333. The van der Waals surface area contributed by atoms with Crippen molar-refractivity contribution in [3.8, 4) is 5.75 Å². The Kier molecular flexibility index (Phi) is 4.54. The molecule has 0 aliphatic carbocycles. The smallest absolute Gasteiger partial charge is 0.310 e. The first-order valence-corrected chi connectivity index (χ1v) is 5.00. The molecule has 0 aliphatic heterocycles. The fourth-order valence-corrected chi connectivity index (χ4v) is 1.22. The number of hydrogen-bond acceptors (Lipinski definition) is 3. The lowest BCUT2D eigenvalue weighted by Gasteiger charge is -2.07. The molecule has 1 aromatic carbocycles. The molecule has 0 spiro atoms. The number of ether oxygens (including phenoxy) is 1. The summed E-state index contributed by atoms with van der Waals surface area (Å²) in [6.45, 7) is 1.75. The number of esters is 1. The van der Waals surface area contributed by atoms with E-state index in [2.05, 4.69) is 0 Å². The Balaban J connectivity index is 2.76. The Hall–Kier alpha value is -1.64. The van der Waals surface area contributed by atoms with Crippen LogP contribution >= 0.6 is 0 Å². The molecule has 0 unspecified atom stereocenters. The van der Waals surface area contributed by atoms with Gasteiger partial charge in [0.25, 0.3) is 0 Å². The van der Waals surface area contributed by atoms with E-state index in [1.54, 1.807) is 13.0 Å². The molecule has 0 saturated carbocycles. The van der Waals surface area contributed by atoms with Gasteiger partial charge in [0.1, 0.15) is 12.0 Å². The second-order valence-corrected chi connectivity index (χ2v) is 3.14. The van der Waals surface area contributed by atoms with Gasteiger partial charge in [0.2, 0.25) is 0 Å². The lowest BCUT2D eigenvalue weighted by Crippen LogP contribution is -2.07. The van der Waals surface area contributed by atoms with Gasteiger partial charge in [-0.05, 0) is 18.1 Å². The normalized spacial score (nSPS) is 9.67. The van der Waals surface area contributed by atoms with Crippen LogP contribution in [0.4, 0.5) is 0 Å². The highest BCUT2D eigenvalue weighted by Crippen LogP contribution is 2.19. The van der Waals surface area contributed by atoms with E-state index in [-0.39, 0.29) is 5.97 Å². The monoisotopic (exact) mass is 206 g/mol. The summed E-state index contributed by atoms with van der Waals surface area (Å²) in [4.78, 5) is 21.4. The molecule has 3 heteroatoms. The first kappa shape index (κ1) is 11.4. The van der Waals surface area contributed by atoms with E-state index >= 15 is 0 Å². The van der Waals surface area contributed by atoms with Gasteiger partial charge >= 0.3 is 5.97 Å². The van der Waals surface area contributed by atoms with E-state index in [1.807, 2.05) is 18.2 Å². The van der Waals surface area contributed by atoms with Crippen LogP contribution in [0.2, 0.25) is 0 Å². The predicted molar refractivity (Wildman–Crippen MR) is 56.8 cm³/mol. The van der Waals surface area contributed by atoms with E-state index in [0.717, 1.165) is 11.8 Å². The summed E-state index contributed by atoms with van der Waals surface area (Å²) in [6.07, 6.45) is 2.26.